The predicted molar refractivity (Wildman–Crippen MR) is 109 cm³/mol. The second-order valence-corrected chi connectivity index (χ2v) is 8.81. The third-order valence-corrected chi connectivity index (χ3v) is 5.38. The molecule has 0 fully saturated rings. The fourth-order valence-electron chi connectivity index (χ4n) is 2.50. The number of hydrogen-bond acceptors (Lipinski definition) is 7. The smallest absolute Gasteiger partial charge is 0.282 e. The molecule has 0 radical (unpaired) electrons. The second kappa shape index (κ2) is 8.48. The van der Waals surface area contributed by atoms with Crippen LogP contribution in [-0.2, 0) is 15.4 Å². The standard InChI is InChI=1S/C19H23N3O6S/c1-19(2,3)14-6-8-15(9-7-14)29(25,26)21-20-12-13-10-17(27-4)18(28-5)11-16(13)22(23)24/h6-12,21H,1-5H3/b20-12+. The summed E-state index contributed by atoms with van der Waals surface area (Å²) < 4.78 is 35.0. The molecular weight excluding hydrogens is 398 g/mol. The topological polar surface area (TPSA) is 120 Å². The van der Waals surface area contributed by atoms with Gasteiger partial charge in [-0.3, -0.25) is 10.1 Å². The molecule has 0 aliphatic rings. The highest BCUT2D eigenvalue weighted by Gasteiger charge is 2.20. The number of hydrogen-bond donors (Lipinski definition) is 1. The lowest BCUT2D eigenvalue weighted by Crippen LogP contribution is -2.19. The van der Waals surface area contributed by atoms with Crippen LogP contribution in [0, 0.1) is 10.1 Å². The first-order valence-electron chi connectivity index (χ1n) is 8.55. The maximum absolute atomic E-state index is 12.4. The minimum atomic E-state index is -3.93. The van der Waals surface area contributed by atoms with E-state index in [1.54, 1.807) is 12.1 Å². The van der Waals surface area contributed by atoms with Gasteiger partial charge in [-0.15, -0.1) is 0 Å². The first-order valence-corrected chi connectivity index (χ1v) is 10.0. The van der Waals surface area contributed by atoms with E-state index in [1.165, 1.54) is 38.5 Å². The van der Waals surface area contributed by atoms with Crippen LogP contribution in [-0.4, -0.2) is 33.8 Å². The summed E-state index contributed by atoms with van der Waals surface area (Å²) in [6, 6.07) is 8.95. The molecule has 0 aliphatic heterocycles. The van der Waals surface area contributed by atoms with E-state index in [9.17, 15) is 18.5 Å². The number of sulfonamides is 1. The van der Waals surface area contributed by atoms with Gasteiger partial charge < -0.3 is 9.47 Å². The van der Waals surface area contributed by atoms with Crippen molar-refractivity contribution in [1.82, 2.24) is 4.83 Å². The van der Waals surface area contributed by atoms with Gasteiger partial charge in [0.15, 0.2) is 11.5 Å². The number of nitrogens with one attached hydrogen (secondary N) is 1. The van der Waals surface area contributed by atoms with E-state index in [2.05, 4.69) is 9.93 Å². The van der Waals surface area contributed by atoms with Crippen LogP contribution in [0.2, 0.25) is 0 Å². The van der Waals surface area contributed by atoms with Gasteiger partial charge in [0.2, 0.25) is 0 Å². The van der Waals surface area contributed by atoms with E-state index in [-0.39, 0.29) is 33.1 Å². The van der Waals surface area contributed by atoms with E-state index in [0.717, 1.165) is 11.8 Å². The molecule has 0 spiro atoms. The summed E-state index contributed by atoms with van der Waals surface area (Å²) in [5.41, 5.74) is 0.625. The zero-order chi connectivity index (χ0) is 21.8. The molecule has 0 unspecified atom stereocenters. The molecule has 0 saturated heterocycles. The Bertz CT molecular complexity index is 1030. The van der Waals surface area contributed by atoms with Gasteiger partial charge in [0, 0.05) is 0 Å². The maximum atomic E-state index is 12.4. The fraction of sp³-hybridized carbons (Fsp3) is 0.316. The van der Waals surface area contributed by atoms with Crippen LogP contribution in [0.3, 0.4) is 0 Å². The van der Waals surface area contributed by atoms with E-state index in [4.69, 9.17) is 9.47 Å². The number of ether oxygens (including phenoxy) is 2. The van der Waals surface area contributed by atoms with Gasteiger partial charge in [-0.2, -0.15) is 13.5 Å². The fourth-order valence-corrected chi connectivity index (χ4v) is 3.29. The number of benzene rings is 2. The Morgan fingerprint density at radius 1 is 1.07 bits per heavy atom. The van der Waals surface area contributed by atoms with E-state index < -0.39 is 14.9 Å². The van der Waals surface area contributed by atoms with Crippen molar-refractivity contribution < 1.29 is 22.8 Å². The van der Waals surface area contributed by atoms with Crippen LogP contribution in [0.25, 0.3) is 0 Å². The minimum absolute atomic E-state index is 0.0319. The molecule has 1 N–H and O–H groups in total. The van der Waals surface area contributed by atoms with Gasteiger partial charge in [0.25, 0.3) is 15.7 Å². The Labute approximate surface area is 169 Å². The summed E-state index contributed by atoms with van der Waals surface area (Å²) in [5, 5.41) is 15.0. The molecule has 0 aromatic heterocycles. The van der Waals surface area contributed by atoms with Crippen molar-refractivity contribution in [1.29, 1.82) is 0 Å². The van der Waals surface area contributed by atoms with Crippen molar-refractivity contribution >= 4 is 21.9 Å². The van der Waals surface area contributed by atoms with Crippen LogP contribution < -0.4 is 14.3 Å². The van der Waals surface area contributed by atoms with Gasteiger partial charge in [0.1, 0.15) is 0 Å². The molecule has 0 saturated carbocycles. The number of methoxy groups -OCH3 is 2. The van der Waals surface area contributed by atoms with Gasteiger partial charge >= 0.3 is 0 Å². The lowest BCUT2D eigenvalue weighted by molar-refractivity contribution is -0.385. The summed E-state index contributed by atoms with van der Waals surface area (Å²) in [6.45, 7) is 6.07. The van der Waals surface area contributed by atoms with Gasteiger partial charge in [-0.1, -0.05) is 32.9 Å². The molecule has 2 aromatic rings. The van der Waals surface area contributed by atoms with Crippen molar-refractivity contribution in [3.05, 3.63) is 57.6 Å². The number of nitro groups is 1. The summed E-state index contributed by atoms with van der Waals surface area (Å²) in [7, 11) is -1.19. The number of hydrazone groups is 1. The highest BCUT2D eigenvalue weighted by atomic mass is 32.2. The Morgan fingerprint density at radius 2 is 1.62 bits per heavy atom. The van der Waals surface area contributed by atoms with Gasteiger partial charge in [0.05, 0.1) is 41.9 Å². The van der Waals surface area contributed by atoms with E-state index in [0.29, 0.717) is 0 Å². The molecule has 0 heterocycles. The molecule has 2 rings (SSSR count). The van der Waals surface area contributed by atoms with Crippen LogP contribution in [0.5, 0.6) is 11.5 Å². The van der Waals surface area contributed by atoms with Gasteiger partial charge in [-0.05, 0) is 29.2 Å². The number of rotatable bonds is 7. The lowest BCUT2D eigenvalue weighted by Gasteiger charge is -2.19. The molecule has 0 amide bonds. The molecule has 0 aliphatic carbocycles. The highest BCUT2D eigenvalue weighted by Crippen LogP contribution is 2.33. The normalized spacial score (nSPS) is 12.0. The number of nitrogens with zero attached hydrogens (tertiary/aromatic N) is 2. The lowest BCUT2D eigenvalue weighted by atomic mass is 9.87. The van der Waals surface area contributed by atoms with E-state index in [1.807, 2.05) is 20.8 Å². The molecule has 0 bridgehead atoms. The molecular formula is C19H23N3O6S. The van der Waals surface area contributed by atoms with E-state index >= 15 is 0 Å². The quantitative estimate of drug-likeness (QED) is 0.416. The summed E-state index contributed by atoms with van der Waals surface area (Å²) in [6.07, 6.45) is 1.04. The SMILES string of the molecule is COc1cc(/C=N/NS(=O)(=O)c2ccc(C(C)(C)C)cc2)c([N+](=O)[O-])cc1OC. The Kier molecular flexibility index (Phi) is 6.48. The first kappa shape index (κ1) is 22.2. The monoisotopic (exact) mass is 421 g/mol. The van der Waals surface area contributed by atoms with Gasteiger partial charge in [-0.25, -0.2) is 4.83 Å². The van der Waals surface area contributed by atoms with Crippen LogP contribution in [0.1, 0.15) is 31.9 Å². The zero-order valence-corrected chi connectivity index (χ0v) is 17.6. The largest absolute Gasteiger partial charge is 0.493 e. The Balaban J connectivity index is 2.29. The minimum Gasteiger partial charge on any atom is -0.493 e. The highest BCUT2D eigenvalue weighted by molar-refractivity contribution is 7.89. The zero-order valence-electron chi connectivity index (χ0n) is 16.8. The average molecular weight is 421 g/mol. The van der Waals surface area contributed by atoms with Crippen molar-refractivity contribution in [2.75, 3.05) is 14.2 Å². The molecule has 0 atom stereocenters. The predicted octanol–water partition coefficient (Wildman–Crippen LogP) is 3.22. The van der Waals surface area contributed by atoms with Crippen LogP contribution >= 0.6 is 0 Å². The summed E-state index contributed by atoms with van der Waals surface area (Å²) >= 11 is 0. The molecule has 10 heteroatoms. The first-order chi connectivity index (χ1) is 13.5. The maximum Gasteiger partial charge on any atom is 0.282 e. The van der Waals surface area contributed by atoms with Crippen LogP contribution in [0.15, 0.2) is 46.4 Å². The molecule has 9 nitrogen and oxygen atoms in total. The Morgan fingerprint density at radius 3 is 2.10 bits per heavy atom. The van der Waals surface area contributed by atoms with Crippen molar-refractivity contribution in [3.8, 4) is 11.5 Å². The average Bonchev–Trinajstić information content (AvgIpc) is 2.66. The molecule has 29 heavy (non-hydrogen) atoms. The summed E-state index contributed by atoms with van der Waals surface area (Å²) in [5.74, 6) is 0.427. The number of nitro benzene ring substituents is 1. The third-order valence-electron chi connectivity index (χ3n) is 4.14. The van der Waals surface area contributed by atoms with Crippen molar-refractivity contribution in [3.63, 3.8) is 0 Å². The summed E-state index contributed by atoms with van der Waals surface area (Å²) in [4.78, 5) is 12.8. The Hall–Kier alpha value is -3.14. The van der Waals surface area contributed by atoms with Crippen molar-refractivity contribution in [2.24, 2.45) is 5.10 Å². The van der Waals surface area contributed by atoms with Crippen molar-refractivity contribution in [2.45, 2.75) is 31.1 Å². The van der Waals surface area contributed by atoms with Crippen LogP contribution in [0.4, 0.5) is 5.69 Å². The molecule has 156 valence electrons. The third kappa shape index (κ3) is 5.23. The molecule has 2 aromatic carbocycles. The second-order valence-electron chi connectivity index (χ2n) is 7.15.